The number of hydrogen-bond acceptors (Lipinski definition) is 6. The first kappa shape index (κ1) is 15.3. The molecule has 0 fully saturated rings. The molecule has 19 heavy (non-hydrogen) atoms. The van der Waals surface area contributed by atoms with Gasteiger partial charge in [0.05, 0.1) is 12.1 Å². The van der Waals surface area contributed by atoms with Gasteiger partial charge in [-0.25, -0.2) is 14.8 Å². The van der Waals surface area contributed by atoms with Crippen LogP contribution in [0.1, 0.15) is 33.3 Å². The van der Waals surface area contributed by atoms with Crippen molar-refractivity contribution in [3.8, 4) is 0 Å². The Kier molecular flexibility index (Phi) is 4.43. The van der Waals surface area contributed by atoms with Gasteiger partial charge >= 0.3 is 6.09 Å². The topological polar surface area (TPSA) is 110 Å². The predicted molar refractivity (Wildman–Crippen MR) is 70.5 cm³/mol. The van der Waals surface area contributed by atoms with Crippen molar-refractivity contribution in [2.45, 2.75) is 38.8 Å². The highest BCUT2D eigenvalue weighted by Crippen LogP contribution is 2.15. The van der Waals surface area contributed by atoms with E-state index in [4.69, 9.17) is 15.6 Å². The SMILES string of the molecule is CC(C)(C)OC(=O)Nc1ncc(C(C)(N)CO)cn1. The summed E-state index contributed by atoms with van der Waals surface area (Å²) < 4.78 is 5.07. The minimum atomic E-state index is -0.912. The smallest absolute Gasteiger partial charge is 0.414 e. The van der Waals surface area contributed by atoms with E-state index in [9.17, 15) is 4.79 Å². The minimum absolute atomic E-state index is 0.117. The van der Waals surface area contributed by atoms with Gasteiger partial charge in [0.1, 0.15) is 5.60 Å². The molecule has 0 radical (unpaired) electrons. The van der Waals surface area contributed by atoms with Crippen LogP contribution in [0.5, 0.6) is 0 Å². The Balaban J connectivity index is 2.70. The highest BCUT2D eigenvalue weighted by atomic mass is 16.6. The van der Waals surface area contributed by atoms with Crippen LogP contribution in [0, 0.1) is 0 Å². The van der Waals surface area contributed by atoms with Gasteiger partial charge in [0.2, 0.25) is 5.95 Å². The van der Waals surface area contributed by atoms with E-state index < -0.39 is 17.2 Å². The van der Waals surface area contributed by atoms with Crippen LogP contribution in [0.15, 0.2) is 12.4 Å². The molecule has 1 amide bonds. The number of nitrogens with two attached hydrogens (primary N) is 1. The van der Waals surface area contributed by atoms with Gasteiger partial charge < -0.3 is 15.6 Å². The zero-order valence-corrected chi connectivity index (χ0v) is 11.6. The van der Waals surface area contributed by atoms with E-state index in [0.717, 1.165) is 0 Å². The molecule has 1 unspecified atom stereocenters. The molecule has 1 aromatic heterocycles. The lowest BCUT2D eigenvalue weighted by Crippen LogP contribution is -2.37. The number of carbonyl (C=O) groups is 1. The molecule has 106 valence electrons. The summed E-state index contributed by atoms with van der Waals surface area (Å²) in [5.41, 5.74) is 4.90. The van der Waals surface area contributed by atoms with Crippen molar-refractivity contribution >= 4 is 12.0 Å². The second kappa shape index (κ2) is 5.50. The number of amides is 1. The average molecular weight is 268 g/mol. The van der Waals surface area contributed by atoms with Crippen molar-refractivity contribution in [2.24, 2.45) is 5.73 Å². The Morgan fingerprint density at radius 2 is 1.89 bits per heavy atom. The number of nitrogens with zero attached hydrogens (tertiary/aromatic N) is 2. The van der Waals surface area contributed by atoms with Crippen molar-refractivity contribution in [1.29, 1.82) is 0 Å². The summed E-state index contributed by atoms with van der Waals surface area (Å²) in [4.78, 5) is 19.4. The summed E-state index contributed by atoms with van der Waals surface area (Å²) >= 11 is 0. The highest BCUT2D eigenvalue weighted by molar-refractivity contribution is 5.82. The first-order chi connectivity index (χ1) is 8.64. The van der Waals surface area contributed by atoms with Crippen LogP contribution < -0.4 is 11.1 Å². The highest BCUT2D eigenvalue weighted by Gasteiger charge is 2.21. The number of rotatable bonds is 3. The van der Waals surface area contributed by atoms with Crippen molar-refractivity contribution < 1.29 is 14.6 Å². The van der Waals surface area contributed by atoms with Gasteiger partial charge in [-0.05, 0) is 27.7 Å². The molecule has 0 aliphatic rings. The number of nitrogens with one attached hydrogen (secondary N) is 1. The molecule has 0 spiro atoms. The fourth-order valence-corrected chi connectivity index (χ4v) is 1.17. The van der Waals surface area contributed by atoms with Crippen molar-refractivity contribution in [3.63, 3.8) is 0 Å². The summed E-state index contributed by atoms with van der Waals surface area (Å²) in [6.45, 7) is 6.72. The molecule has 4 N–H and O–H groups in total. The van der Waals surface area contributed by atoms with Gasteiger partial charge in [-0.3, -0.25) is 5.32 Å². The third kappa shape index (κ3) is 4.80. The molecule has 1 aromatic rings. The molecule has 0 bridgehead atoms. The van der Waals surface area contributed by atoms with E-state index in [0.29, 0.717) is 5.56 Å². The molecule has 1 heterocycles. The van der Waals surface area contributed by atoms with E-state index >= 15 is 0 Å². The van der Waals surface area contributed by atoms with Crippen LogP contribution in [-0.4, -0.2) is 33.4 Å². The molecule has 0 saturated heterocycles. The monoisotopic (exact) mass is 268 g/mol. The van der Waals surface area contributed by atoms with E-state index in [2.05, 4.69) is 15.3 Å². The fraction of sp³-hybridized carbons (Fsp3) is 0.583. The van der Waals surface area contributed by atoms with Crippen molar-refractivity contribution in [3.05, 3.63) is 18.0 Å². The molecule has 0 aliphatic heterocycles. The maximum Gasteiger partial charge on any atom is 0.414 e. The largest absolute Gasteiger partial charge is 0.444 e. The fourth-order valence-electron chi connectivity index (χ4n) is 1.17. The second-order valence-corrected chi connectivity index (χ2v) is 5.50. The Bertz CT molecular complexity index is 437. The van der Waals surface area contributed by atoms with Gasteiger partial charge in [-0.1, -0.05) is 0 Å². The number of aliphatic hydroxyl groups excluding tert-OH is 1. The summed E-state index contributed by atoms with van der Waals surface area (Å²) in [5, 5.41) is 11.5. The predicted octanol–water partition coefficient (Wildman–Crippen LogP) is 0.990. The van der Waals surface area contributed by atoms with Gasteiger partial charge in [-0.2, -0.15) is 0 Å². The first-order valence-corrected chi connectivity index (χ1v) is 5.86. The summed E-state index contributed by atoms with van der Waals surface area (Å²) in [7, 11) is 0. The number of ether oxygens (including phenoxy) is 1. The molecule has 0 aromatic carbocycles. The molecule has 1 rings (SSSR count). The maximum atomic E-state index is 11.5. The van der Waals surface area contributed by atoms with E-state index in [1.165, 1.54) is 12.4 Å². The molecule has 7 heteroatoms. The minimum Gasteiger partial charge on any atom is -0.444 e. The first-order valence-electron chi connectivity index (χ1n) is 5.86. The maximum absolute atomic E-state index is 11.5. The van der Waals surface area contributed by atoms with Gasteiger partial charge in [0.15, 0.2) is 0 Å². The lowest BCUT2D eigenvalue weighted by Gasteiger charge is -2.21. The summed E-state index contributed by atoms with van der Waals surface area (Å²) in [5.74, 6) is 0.117. The second-order valence-electron chi connectivity index (χ2n) is 5.50. The van der Waals surface area contributed by atoms with Gasteiger partial charge in [0, 0.05) is 18.0 Å². The van der Waals surface area contributed by atoms with Crippen LogP contribution in [-0.2, 0) is 10.3 Å². The molecule has 7 nitrogen and oxygen atoms in total. The summed E-state index contributed by atoms with van der Waals surface area (Å²) in [6, 6.07) is 0. The lowest BCUT2D eigenvalue weighted by atomic mass is 9.98. The normalized spacial score (nSPS) is 14.6. The zero-order chi connectivity index (χ0) is 14.7. The quantitative estimate of drug-likeness (QED) is 0.754. The molecule has 1 atom stereocenters. The average Bonchev–Trinajstić information content (AvgIpc) is 2.27. The van der Waals surface area contributed by atoms with Crippen LogP contribution in [0.2, 0.25) is 0 Å². The molecular formula is C12H20N4O3. The van der Waals surface area contributed by atoms with Gasteiger partial charge in [-0.15, -0.1) is 0 Å². The van der Waals surface area contributed by atoms with Crippen LogP contribution >= 0.6 is 0 Å². The number of carbonyl (C=O) groups excluding carboxylic acids is 1. The Hall–Kier alpha value is -1.73. The van der Waals surface area contributed by atoms with Crippen molar-refractivity contribution in [2.75, 3.05) is 11.9 Å². The zero-order valence-electron chi connectivity index (χ0n) is 11.6. The molecule has 0 aliphatic carbocycles. The Labute approximate surface area is 112 Å². The third-order valence-electron chi connectivity index (χ3n) is 2.25. The Morgan fingerprint density at radius 1 is 1.37 bits per heavy atom. The number of aromatic nitrogens is 2. The van der Waals surface area contributed by atoms with Crippen molar-refractivity contribution in [1.82, 2.24) is 9.97 Å². The van der Waals surface area contributed by atoms with Crippen LogP contribution in [0.25, 0.3) is 0 Å². The number of hydrogen-bond donors (Lipinski definition) is 3. The number of anilines is 1. The number of aliphatic hydroxyl groups is 1. The summed E-state index contributed by atoms with van der Waals surface area (Å²) in [6.07, 6.45) is 2.28. The van der Waals surface area contributed by atoms with Crippen LogP contribution in [0.4, 0.5) is 10.7 Å². The Morgan fingerprint density at radius 3 is 2.32 bits per heavy atom. The lowest BCUT2D eigenvalue weighted by molar-refractivity contribution is 0.0634. The molecular weight excluding hydrogens is 248 g/mol. The van der Waals surface area contributed by atoms with E-state index in [1.54, 1.807) is 27.7 Å². The standard InChI is InChI=1S/C12H20N4O3/c1-11(2,3)19-10(18)16-9-14-5-8(6-15-9)12(4,13)7-17/h5-6,17H,7,13H2,1-4H3,(H,14,15,16,18). The van der Waals surface area contributed by atoms with Gasteiger partial charge in [0.25, 0.3) is 0 Å². The van der Waals surface area contributed by atoms with E-state index in [-0.39, 0.29) is 12.6 Å². The van der Waals surface area contributed by atoms with Crippen LogP contribution in [0.3, 0.4) is 0 Å². The third-order valence-corrected chi connectivity index (χ3v) is 2.25. The van der Waals surface area contributed by atoms with E-state index in [1.807, 2.05) is 0 Å². The molecule has 0 saturated carbocycles.